The lowest BCUT2D eigenvalue weighted by atomic mass is 9.87. The summed E-state index contributed by atoms with van der Waals surface area (Å²) in [5, 5.41) is 0. The Labute approximate surface area is 666 Å². The lowest BCUT2D eigenvalue weighted by Gasteiger charge is -2.30. The summed E-state index contributed by atoms with van der Waals surface area (Å²) in [7, 11) is 0. The van der Waals surface area contributed by atoms with Crippen molar-refractivity contribution in [2.75, 3.05) is 65.7 Å². The number of hydrogen-bond acceptors (Lipinski definition) is 10. The van der Waals surface area contributed by atoms with E-state index in [1.807, 2.05) is 0 Å². The van der Waals surface area contributed by atoms with E-state index < -0.39 is 0 Å². The Morgan fingerprint density at radius 3 is 0.701 bits per heavy atom. The normalized spacial score (nSPS) is 15.1. The molecule has 0 amide bonds. The second-order valence-corrected chi connectivity index (χ2v) is 35.5. The van der Waals surface area contributed by atoms with Gasteiger partial charge in [0.1, 0.15) is 0 Å². The Bertz CT molecular complexity index is 1900. The summed E-state index contributed by atoms with van der Waals surface area (Å²) in [4.78, 5) is 55.9. The van der Waals surface area contributed by atoms with Crippen LogP contribution in [-0.2, 0) is 38.1 Å². The summed E-state index contributed by atoms with van der Waals surface area (Å²) < 4.78 is 23.0. The average molecular weight is 1510 g/mol. The molecule has 2 saturated heterocycles. The zero-order chi connectivity index (χ0) is 77.2. The quantitative estimate of drug-likeness (QED) is 0.0331. The van der Waals surface area contributed by atoms with Gasteiger partial charge in [-0.2, -0.15) is 0 Å². The van der Waals surface area contributed by atoms with Crippen molar-refractivity contribution in [3.8, 4) is 0 Å². The number of unbranched alkanes of at least 4 members (excludes halogenated alkanes) is 31. The molecule has 2 rings (SSSR count). The predicted octanol–water partition coefficient (Wildman–Crippen LogP) is 29.2. The van der Waals surface area contributed by atoms with E-state index in [1.54, 1.807) is 0 Å². The molecule has 0 aliphatic carbocycles. The molecule has 632 valence electrons. The van der Waals surface area contributed by atoms with Crippen LogP contribution in [0.15, 0.2) is 0 Å². The SMILES string of the molecule is CCCCC(CCCC)CCOC(=O)CCCCCCCCCC(CCCCCCCCCC(=O)OCCC(CCCC)CCCCC(C)CCC(CCCC)CCOC(=O)CCCCCCCCCC(CCCCCCCCCC(=O)OCCC(CCCC)CCCC)CN1CCCC1)CN1CCCCC1. The molecule has 5 unspecified atom stereocenters. The van der Waals surface area contributed by atoms with Crippen molar-refractivity contribution in [1.29, 1.82) is 0 Å². The largest absolute Gasteiger partial charge is 0.466 e. The first-order chi connectivity index (χ1) is 52.5. The zero-order valence-corrected chi connectivity index (χ0v) is 73.1. The van der Waals surface area contributed by atoms with Crippen LogP contribution in [0.2, 0.25) is 0 Å². The topological polar surface area (TPSA) is 112 Å². The maximum atomic E-state index is 12.8. The van der Waals surface area contributed by atoms with Crippen LogP contribution in [0.25, 0.3) is 0 Å². The summed E-state index contributed by atoms with van der Waals surface area (Å²) in [6.45, 7) is 26.3. The summed E-state index contributed by atoms with van der Waals surface area (Å²) >= 11 is 0. The average Bonchev–Trinajstić information content (AvgIpc) is 1.92. The van der Waals surface area contributed by atoms with E-state index >= 15 is 0 Å². The molecule has 2 aliphatic rings. The van der Waals surface area contributed by atoms with Gasteiger partial charge in [-0.25, -0.2) is 0 Å². The molecular weight excluding hydrogens is 1320 g/mol. The second kappa shape index (κ2) is 76.4. The van der Waals surface area contributed by atoms with Crippen molar-refractivity contribution in [2.24, 2.45) is 41.4 Å². The molecule has 0 aromatic heterocycles. The number of carbonyl (C=O) groups excluding carboxylic acids is 4. The van der Waals surface area contributed by atoms with Gasteiger partial charge < -0.3 is 28.7 Å². The first kappa shape index (κ1) is 101. The fourth-order valence-electron chi connectivity index (χ4n) is 17.8. The molecule has 0 aromatic carbocycles. The van der Waals surface area contributed by atoms with Gasteiger partial charge in [-0.1, -0.05) is 363 Å². The Kier molecular flexibility index (Phi) is 72.1. The fraction of sp³-hybridized carbons (Fsp3) is 0.959. The molecule has 10 heteroatoms. The maximum absolute atomic E-state index is 12.8. The monoisotopic (exact) mass is 1510 g/mol. The van der Waals surface area contributed by atoms with E-state index in [4.69, 9.17) is 18.9 Å². The van der Waals surface area contributed by atoms with E-state index in [2.05, 4.69) is 58.3 Å². The summed E-state index contributed by atoms with van der Waals surface area (Å²) in [5.41, 5.74) is 0. The molecule has 107 heavy (non-hydrogen) atoms. The standard InChI is InChI=1S/C97H186N2O8/c1-8-14-56-88(57-15-9-2)73-81-104-94(100)67-45-36-28-20-24-32-41-63-92(85-98-77-51-40-52-78-98)64-42-33-25-21-30-38-47-69-96(102)106-83-75-90(60-18-12-5)62-50-49-55-87(7)71-72-91(61-19-13-6)76-84-107-97(103)70-48-39-31-23-27-35-44-66-93(86-99-79-53-54-80-99)65-43-34-26-22-29-37-46-68-95(101)105-82-74-89(58-16-10-3)59-17-11-4/h87-93H,8-86H2,1-7H3. The molecule has 5 atom stereocenters. The van der Waals surface area contributed by atoms with Gasteiger partial charge in [0.15, 0.2) is 0 Å². The molecule has 2 aliphatic heterocycles. The van der Waals surface area contributed by atoms with Crippen LogP contribution >= 0.6 is 0 Å². The second-order valence-electron chi connectivity index (χ2n) is 35.5. The highest BCUT2D eigenvalue weighted by molar-refractivity contribution is 5.70. The smallest absolute Gasteiger partial charge is 0.305 e. The zero-order valence-electron chi connectivity index (χ0n) is 73.1. The van der Waals surface area contributed by atoms with Gasteiger partial charge in [-0.05, 0) is 170 Å². The summed E-state index contributed by atoms with van der Waals surface area (Å²) in [6.07, 6.45) is 84.0. The molecule has 10 nitrogen and oxygen atoms in total. The van der Waals surface area contributed by atoms with Crippen LogP contribution in [0.5, 0.6) is 0 Å². The number of likely N-dealkylation sites (tertiary alicyclic amines) is 2. The molecule has 0 spiro atoms. The molecule has 2 heterocycles. The van der Waals surface area contributed by atoms with E-state index in [9.17, 15) is 19.2 Å². The van der Waals surface area contributed by atoms with Gasteiger partial charge in [-0.15, -0.1) is 0 Å². The van der Waals surface area contributed by atoms with Gasteiger partial charge in [0.2, 0.25) is 0 Å². The van der Waals surface area contributed by atoms with Crippen LogP contribution < -0.4 is 0 Å². The number of nitrogens with zero attached hydrogens (tertiary/aromatic N) is 2. The van der Waals surface area contributed by atoms with Crippen molar-refractivity contribution < 1.29 is 38.1 Å². The van der Waals surface area contributed by atoms with Gasteiger partial charge in [0, 0.05) is 38.8 Å². The predicted molar refractivity (Wildman–Crippen MR) is 459 cm³/mol. The van der Waals surface area contributed by atoms with Crippen molar-refractivity contribution in [1.82, 2.24) is 9.80 Å². The molecular formula is C97H186N2O8. The van der Waals surface area contributed by atoms with E-state index in [-0.39, 0.29) is 23.9 Å². The number of piperidine rings is 1. The summed E-state index contributed by atoms with van der Waals surface area (Å²) in [5.74, 6) is 5.21. The lowest BCUT2D eigenvalue weighted by Crippen LogP contribution is -2.34. The number of rotatable bonds is 82. The van der Waals surface area contributed by atoms with Crippen molar-refractivity contribution >= 4 is 23.9 Å². The fourth-order valence-corrected chi connectivity index (χ4v) is 17.8. The Morgan fingerprint density at radius 1 is 0.224 bits per heavy atom. The highest BCUT2D eigenvalue weighted by Gasteiger charge is 2.21. The van der Waals surface area contributed by atoms with Crippen LogP contribution in [-0.4, -0.2) is 99.4 Å². The van der Waals surface area contributed by atoms with Gasteiger partial charge in [0.05, 0.1) is 26.4 Å². The third-order valence-electron chi connectivity index (χ3n) is 25.2. The van der Waals surface area contributed by atoms with E-state index in [1.165, 1.54) is 380 Å². The van der Waals surface area contributed by atoms with Crippen molar-refractivity contribution in [2.45, 2.75) is 492 Å². The van der Waals surface area contributed by atoms with Crippen LogP contribution in [0.4, 0.5) is 0 Å². The molecule has 0 radical (unpaired) electrons. The summed E-state index contributed by atoms with van der Waals surface area (Å²) in [6, 6.07) is 0. The minimum Gasteiger partial charge on any atom is -0.466 e. The number of hydrogen-bond donors (Lipinski definition) is 0. The molecule has 0 saturated carbocycles. The molecule has 0 N–H and O–H groups in total. The Hall–Kier alpha value is -2.20. The molecule has 2 fully saturated rings. The van der Waals surface area contributed by atoms with Gasteiger partial charge in [0.25, 0.3) is 0 Å². The minimum absolute atomic E-state index is 0.0118. The molecule has 0 aromatic rings. The highest BCUT2D eigenvalue weighted by atomic mass is 16.5. The van der Waals surface area contributed by atoms with Crippen LogP contribution in [0.3, 0.4) is 0 Å². The first-order valence-corrected chi connectivity index (χ1v) is 48.6. The Morgan fingerprint density at radius 2 is 0.430 bits per heavy atom. The number of esters is 4. The van der Waals surface area contributed by atoms with Crippen LogP contribution in [0, 0.1) is 41.4 Å². The number of carbonyl (C=O) groups is 4. The van der Waals surface area contributed by atoms with Gasteiger partial charge >= 0.3 is 23.9 Å². The van der Waals surface area contributed by atoms with E-state index in [0.29, 0.717) is 63.9 Å². The molecule has 0 bridgehead atoms. The van der Waals surface area contributed by atoms with Crippen molar-refractivity contribution in [3.05, 3.63) is 0 Å². The highest BCUT2D eigenvalue weighted by Crippen LogP contribution is 2.30. The van der Waals surface area contributed by atoms with Gasteiger partial charge in [-0.3, -0.25) is 19.2 Å². The van der Waals surface area contributed by atoms with Crippen molar-refractivity contribution in [3.63, 3.8) is 0 Å². The third kappa shape index (κ3) is 64.8. The minimum atomic E-state index is 0.0118. The maximum Gasteiger partial charge on any atom is 0.305 e. The Balaban J connectivity index is 1.50. The lowest BCUT2D eigenvalue weighted by molar-refractivity contribution is -0.145. The van der Waals surface area contributed by atoms with Crippen LogP contribution in [0.1, 0.15) is 492 Å². The first-order valence-electron chi connectivity index (χ1n) is 48.6. The third-order valence-corrected chi connectivity index (χ3v) is 25.2. The van der Waals surface area contributed by atoms with E-state index in [0.717, 1.165) is 107 Å². The number of ether oxygens (including phenoxy) is 4.